The number of sulfonamides is 1. The van der Waals surface area contributed by atoms with Crippen molar-refractivity contribution in [1.29, 1.82) is 0 Å². The lowest BCUT2D eigenvalue weighted by Gasteiger charge is -2.12. The monoisotopic (exact) mass is 521 g/mol. The molecule has 0 unspecified atom stereocenters. The van der Waals surface area contributed by atoms with Crippen LogP contribution in [0.2, 0.25) is 0 Å². The first kappa shape index (κ1) is 26.5. The van der Waals surface area contributed by atoms with Crippen molar-refractivity contribution in [3.05, 3.63) is 77.9 Å². The van der Waals surface area contributed by atoms with E-state index in [4.69, 9.17) is 0 Å². The molecular formula is C24H22F3N3O5S. The van der Waals surface area contributed by atoms with Gasteiger partial charge in [-0.25, -0.2) is 8.42 Å². The van der Waals surface area contributed by atoms with Gasteiger partial charge in [-0.15, -0.1) is 0 Å². The van der Waals surface area contributed by atoms with Crippen LogP contribution in [0.3, 0.4) is 0 Å². The first-order valence-corrected chi connectivity index (χ1v) is 12.2. The van der Waals surface area contributed by atoms with Crippen LogP contribution < -0.4 is 15.4 Å². The van der Waals surface area contributed by atoms with E-state index in [9.17, 15) is 36.3 Å². The van der Waals surface area contributed by atoms with E-state index in [0.717, 1.165) is 12.1 Å². The first-order chi connectivity index (χ1) is 16.8. The molecule has 190 valence electrons. The fraction of sp³-hybridized carbons (Fsp3) is 0.167. The van der Waals surface area contributed by atoms with E-state index in [1.807, 2.05) is 0 Å². The Balaban J connectivity index is 1.68. The maximum absolute atomic E-state index is 12.7. The summed E-state index contributed by atoms with van der Waals surface area (Å²) < 4.78 is 64.8. The zero-order valence-corrected chi connectivity index (χ0v) is 19.7. The molecule has 4 N–H and O–H groups in total. The standard InChI is InChI=1S/C24H22F3N3O5S/c1-15(31)28-12-13-36(34,35)30-21-14-20(10-11-22(21)32)29-23(33)18-4-2-16(3-5-18)17-6-8-19(9-7-17)24(25,26)27/h2-11,14,30,32H,12-13H2,1H3,(H,28,31)(H,29,33). The number of nitrogens with one attached hydrogen (secondary N) is 3. The van der Waals surface area contributed by atoms with Gasteiger partial charge in [0.05, 0.1) is 17.0 Å². The van der Waals surface area contributed by atoms with E-state index in [0.29, 0.717) is 11.1 Å². The molecule has 0 saturated heterocycles. The summed E-state index contributed by atoms with van der Waals surface area (Å²) in [5.41, 5.74) is 0.684. The van der Waals surface area contributed by atoms with Gasteiger partial charge in [0.2, 0.25) is 15.9 Å². The number of carbonyl (C=O) groups is 2. The van der Waals surface area contributed by atoms with Crippen LogP contribution in [0.4, 0.5) is 24.5 Å². The van der Waals surface area contributed by atoms with E-state index < -0.39 is 33.4 Å². The minimum atomic E-state index is -4.43. The minimum absolute atomic E-state index is 0.121. The molecule has 0 aliphatic rings. The van der Waals surface area contributed by atoms with Gasteiger partial charge in [0, 0.05) is 24.7 Å². The number of hydrogen-bond donors (Lipinski definition) is 4. The summed E-state index contributed by atoms with van der Waals surface area (Å²) in [6, 6.07) is 14.6. The Hall–Kier alpha value is -4.06. The summed E-state index contributed by atoms with van der Waals surface area (Å²) in [5, 5.41) is 14.9. The van der Waals surface area contributed by atoms with E-state index in [-0.39, 0.29) is 35.1 Å². The Morgan fingerprint density at radius 2 is 1.50 bits per heavy atom. The van der Waals surface area contributed by atoms with Crippen molar-refractivity contribution in [1.82, 2.24) is 5.32 Å². The van der Waals surface area contributed by atoms with Crippen molar-refractivity contribution >= 4 is 33.2 Å². The number of halogens is 3. The Morgan fingerprint density at radius 3 is 2.06 bits per heavy atom. The van der Waals surface area contributed by atoms with Crippen molar-refractivity contribution in [2.75, 3.05) is 22.3 Å². The average Bonchev–Trinajstić information content (AvgIpc) is 2.80. The number of rotatable bonds is 8. The lowest BCUT2D eigenvalue weighted by atomic mass is 10.0. The highest BCUT2D eigenvalue weighted by molar-refractivity contribution is 7.92. The Kier molecular flexibility index (Phi) is 7.88. The van der Waals surface area contributed by atoms with Crippen LogP contribution in [0, 0.1) is 0 Å². The van der Waals surface area contributed by atoms with Gasteiger partial charge in [0.15, 0.2) is 0 Å². The van der Waals surface area contributed by atoms with Crippen molar-refractivity contribution in [2.45, 2.75) is 13.1 Å². The second-order valence-corrected chi connectivity index (χ2v) is 9.58. The first-order valence-electron chi connectivity index (χ1n) is 10.5. The zero-order chi connectivity index (χ0) is 26.5. The molecule has 0 aromatic heterocycles. The summed E-state index contributed by atoms with van der Waals surface area (Å²) >= 11 is 0. The van der Waals surface area contributed by atoms with Crippen molar-refractivity contribution in [3.63, 3.8) is 0 Å². The second kappa shape index (κ2) is 10.7. The predicted molar refractivity (Wildman–Crippen MR) is 129 cm³/mol. The molecule has 0 fully saturated rings. The van der Waals surface area contributed by atoms with Crippen molar-refractivity contribution in [3.8, 4) is 16.9 Å². The van der Waals surface area contributed by atoms with E-state index in [1.54, 1.807) is 12.1 Å². The predicted octanol–water partition coefficient (Wildman–Crippen LogP) is 4.21. The molecule has 0 aliphatic heterocycles. The summed E-state index contributed by atoms with van der Waals surface area (Å²) in [4.78, 5) is 23.5. The maximum Gasteiger partial charge on any atom is 0.416 e. The van der Waals surface area contributed by atoms with Crippen LogP contribution in [0.25, 0.3) is 11.1 Å². The highest BCUT2D eigenvalue weighted by Gasteiger charge is 2.30. The van der Waals surface area contributed by atoms with Gasteiger partial charge in [0.1, 0.15) is 5.75 Å². The molecule has 12 heteroatoms. The Morgan fingerprint density at radius 1 is 0.917 bits per heavy atom. The molecule has 0 radical (unpaired) electrons. The summed E-state index contributed by atoms with van der Waals surface area (Å²) in [6.45, 7) is 1.13. The van der Waals surface area contributed by atoms with E-state index in [1.165, 1.54) is 49.4 Å². The van der Waals surface area contributed by atoms with E-state index >= 15 is 0 Å². The largest absolute Gasteiger partial charge is 0.506 e. The maximum atomic E-state index is 12.7. The number of hydrogen-bond acceptors (Lipinski definition) is 5. The molecule has 2 amide bonds. The number of amides is 2. The van der Waals surface area contributed by atoms with E-state index in [2.05, 4.69) is 15.4 Å². The fourth-order valence-corrected chi connectivity index (χ4v) is 4.12. The number of aromatic hydroxyl groups is 1. The number of phenols is 1. The lowest BCUT2D eigenvalue weighted by molar-refractivity contribution is -0.137. The zero-order valence-electron chi connectivity index (χ0n) is 18.9. The highest BCUT2D eigenvalue weighted by atomic mass is 32.2. The molecule has 8 nitrogen and oxygen atoms in total. The smallest absolute Gasteiger partial charge is 0.416 e. The van der Waals surface area contributed by atoms with Gasteiger partial charge in [-0.1, -0.05) is 24.3 Å². The van der Waals surface area contributed by atoms with Crippen molar-refractivity contribution < 1.29 is 36.3 Å². The van der Waals surface area contributed by atoms with Gasteiger partial charge in [-0.05, 0) is 53.6 Å². The quantitative estimate of drug-likeness (QED) is 0.261. The summed E-state index contributed by atoms with van der Waals surface area (Å²) in [5.74, 6) is -1.70. The molecule has 0 aliphatic carbocycles. The molecule has 0 atom stereocenters. The Bertz CT molecular complexity index is 1360. The molecule has 3 aromatic rings. The average molecular weight is 522 g/mol. The lowest BCUT2D eigenvalue weighted by Crippen LogP contribution is -2.29. The third kappa shape index (κ3) is 7.22. The molecule has 0 spiro atoms. The number of carbonyl (C=O) groups excluding carboxylic acids is 2. The highest BCUT2D eigenvalue weighted by Crippen LogP contribution is 2.31. The molecular weight excluding hydrogens is 499 g/mol. The van der Waals surface area contributed by atoms with Crippen LogP contribution in [-0.4, -0.2) is 37.6 Å². The van der Waals surface area contributed by atoms with Crippen LogP contribution in [0.1, 0.15) is 22.8 Å². The molecule has 36 heavy (non-hydrogen) atoms. The van der Waals surface area contributed by atoms with Crippen LogP contribution in [0.15, 0.2) is 66.7 Å². The van der Waals surface area contributed by atoms with Gasteiger partial charge < -0.3 is 15.7 Å². The SMILES string of the molecule is CC(=O)NCCS(=O)(=O)Nc1cc(NC(=O)c2ccc(-c3ccc(C(F)(F)F)cc3)cc2)ccc1O. The van der Waals surface area contributed by atoms with Gasteiger partial charge in [0.25, 0.3) is 5.91 Å². The number of alkyl halides is 3. The Labute approximate surface area is 205 Å². The molecule has 3 aromatic carbocycles. The summed E-state index contributed by atoms with van der Waals surface area (Å²) in [7, 11) is -3.89. The normalized spacial score (nSPS) is 11.6. The fourth-order valence-electron chi connectivity index (χ4n) is 3.14. The van der Waals surface area contributed by atoms with Crippen LogP contribution in [-0.2, 0) is 21.0 Å². The molecule has 3 rings (SSSR count). The summed E-state index contributed by atoms with van der Waals surface area (Å²) in [6.07, 6.45) is -4.43. The molecule has 0 bridgehead atoms. The minimum Gasteiger partial charge on any atom is -0.506 e. The number of benzene rings is 3. The van der Waals surface area contributed by atoms with Crippen LogP contribution in [0.5, 0.6) is 5.75 Å². The topological polar surface area (TPSA) is 125 Å². The molecule has 0 heterocycles. The van der Waals surface area contributed by atoms with Gasteiger partial charge in [-0.3, -0.25) is 14.3 Å². The number of phenolic OH excluding ortho intramolecular Hbond substituents is 1. The van der Waals surface area contributed by atoms with Crippen molar-refractivity contribution in [2.24, 2.45) is 0 Å². The van der Waals surface area contributed by atoms with Gasteiger partial charge >= 0.3 is 6.18 Å². The molecule has 0 saturated carbocycles. The number of anilines is 2. The second-order valence-electron chi connectivity index (χ2n) is 7.74. The third-order valence-corrected chi connectivity index (χ3v) is 6.23. The van der Waals surface area contributed by atoms with Gasteiger partial charge in [-0.2, -0.15) is 13.2 Å². The van der Waals surface area contributed by atoms with Crippen LogP contribution >= 0.6 is 0 Å². The third-order valence-electron chi connectivity index (χ3n) is 4.96.